The molecule has 0 atom stereocenters. The fourth-order valence-electron chi connectivity index (χ4n) is 3.89. The monoisotopic (exact) mass is 404 g/mol. The van der Waals surface area contributed by atoms with Crippen LogP contribution in [0.15, 0.2) is 36.8 Å². The van der Waals surface area contributed by atoms with E-state index >= 15 is 0 Å². The van der Waals surface area contributed by atoms with Gasteiger partial charge in [0.25, 0.3) is 0 Å². The number of halogens is 3. The van der Waals surface area contributed by atoms with E-state index in [4.69, 9.17) is 0 Å². The maximum Gasteiger partial charge on any atom is 0.416 e. The zero-order valence-electron chi connectivity index (χ0n) is 16.4. The first-order valence-electron chi connectivity index (χ1n) is 9.61. The van der Waals surface area contributed by atoms with Crippen LogP contribution in [0.3, 0.4) is 0 Å². The third-order valence-electron chi connectivity index (χ3n) is 5.40. The van der Waals surface area contributed by atoms with Crippen molar-refractivity contribution in [3.05, 3.63) is 48.0 Å². The molecule has 1 saturated heterocycles. The summed E-state index contributed by atoms with van der Waals surface area (Å²) in [6.07, 6.45) is 2.35. The topological polar surface area (TPSA) is 49.6 Å². The van der Waals surface area contributed by atoms with Crippen LogP contribution in [0.5, 0.6) is 0 Å². The highest BCUT2D eigenvalue weighted by Crippen LogP contribution is 2.31. The second kappa shape index (κ2) is 7.53. The molecule has 0 N–H and O–H groups in total. The van der Waals surface area contributed by atoms with Crippen LogP contribution >= 0.6 is 0 Å². The lowest BCUT2D eigenvalue weighted by molar-refractivity contribution is -0.137. The average Bonchev–Trinajstić information content (AvgIpc) is 3.08. The summed E-state index contributed by atoms with van der Waals surface area (Å²) >= 11 is 0. The minimum Gasteiger partial charge on any atom is -0.359 e. The van der Waals surface area contributed by atoms with Crippen LogP contribution in [0.2, 0.25) is 0 Å². The zero-order chi connectivity index (χ0) is 20.6. The molecule has 0 unspecified atom stereocenters. The number of rotatable bonds is 4. The van der Waals surface area contributed by atoms with Crippen LogP contribution in [-0.2, 0) is 6.18 Å². The number of piperidine rings is 1. The summed E-state index contributed by atoms with van der Waals surface area (Å²) in [5.41, 5.74) is 1.28. The minimum absolute atomic E-state index is 0.350. The number of pyridine rings is 1. The molecule has 6 nitrogen and oxygen atoms in total. The Labute approximate surface area is 167 Å². The summed E-state index contributed by atoms with van der Waals surface area (Å²) in [7, 11) is 1.80. The number of hydrogen-bond donors (Lipinski definition) is 0. The van der Waals surface area contributed by atoms with Gasteiger partial charge in [-0.05, 0) is 43.9 Å². The van der Waals surface area contributed by atoms with E-state index in [0.29, 0.717) is 18.3 Å². The fraction of sp³-hybridized carbons (Fsp3) is 0.450. The van der Waals surface area contributed by atoms with Gasteiger partial charge in [0.15, 0.2) is 5.82 Å². The molecule has 29 heavy (non-hydrogen) atoms. The number of aryl methyl sites for hydroxylation is 1. The van der Waals surface area contributed by atoms with Gasteiger partial charge < -0.3 is 9.80 Å². The van der Waals surface area contributed by atoms with E-state index < -0.39 is 11.7 Å². The van der Waals surface area contributed by atoms with Crippen molar-refractivity contribution in [3.63, 3.8) is 0 Å². The summed E-state index contributed by atoms with van der Waals surface area (Å²) in [5.74, 6) is 1.67. The van der Waals surface area contributed by atoms with Crippen molar-refractivity contribution in [3.8, 4) is 0 Å². The number of fused-ring (bicyclic) bond motifs is 1. The van der Waals surface area contributed by atoms with Gasteiger partial charge in [0.05, 0.1) is 11.3 Å². The molecule has 1 aliphatic heterocycles. The minimum atomic E-state index is -4.36. The lowest BCUT2D eigenvalue weighted by Crippen LogP contribution is -2.38. The maximum absolute atomic E-state index is 12.9. The summed E-state index contributed by atoms with van der Waals surface area (Å²) in [4.78, 5) is 12.7. The summed E-state index contributed by atoms with van der Waals surface area (Å²) in [5, 5.41) is 4.44. The van der Waals surface area contributed by atoms with Gasteiger partial charge in [-0.15, -0.1) is 0 Å². The largest absolute Gasteiger partial charge is 0.416 e. The van der Waals surface area contributed by atoms with E-state index in [0.717, 1.165) is 55.1 Å². The van der Waals surface area contributed by atoms with Gasteiger partial charge in [0.2, 0.25) is 0 Å². The molecular weight excluding hydrogens is 381 g/mol. The van der Waals surface area contributed by atoms with Gasteiger partial charge in [-0.25, -0.2) is 14.5 Å². The Morgan fingerprint density at radius 1 is 1.14 bits per heavy atom. The second-order valence-corrected chi connectivity index (χ2v) is 7.58. The Bertz CT molecular complexity index is 991. The normalized spacial score (nSPS) is 15.8. The molecule has 0 amide bonds. The maximum atomic E-state index is 12.9. The second-order valence-electron chi connectivity index (χ2n) is 7.58. The van der Waals surface area contributed by atoms with Crippen LogP contribution in [0.4, 0.5) is 24.8 Å². The van der Waals surface area contributed by atoms with Crippen molar-refractivity contribution in [1.82, 2.24) is 19.6 Å². The van der Waals surface area contributed by atoms with Crippen molar-refractivity contribution in [2.24, 2.45) is 5.92 Å². The summed E-state index contributed by atoms with van der Waals surface area (Å²) in [6.45, 7) is 4.34. The lowest BCUT2D eigenvalue weighted by atomic mass is 9.96. The summed E-state index contributed by atoms with van der Waals surface area (Å²) < 4.78 is 40.7. The first kappa shape index (κ1) is 19.5. The Morgan fingerprint density at radius 2 is 1.90 bits per heavy atom. The van der Waals surface area contributed by atoms with Crippen LogP contribution in [0.25, 0.3) is 5.52 Å². The average molecular weight is 404 g/mol. The van der Waals surface area contributed by atoms with Crippen LogP contribution in [0.1, 0.15) is 24.1 Å². The quantitative estimate of drug-likeness (QED) is 0.662. The van der Waals surface area contributed by atoms with E-state index in [1.165, 1.54) is 6.20 Å². The smallest absolute Gasteiger partial charge is 0.359 e. The predicted octanol–water partition coefficient (Wildman–Crippen LogP) is 3.80. The SMILES string of the molecule is Cc1cc2c(N3CCC(CN(C)c4cc(C(F)(F)F)ccn4)CC3)nccn2n1. The predicted molar refractivity (Wildman–Crippen MR) is 105 cm³/mol. The van der Waals surface area contributed by atoms with Crippen LogP contribution in [-0.4, -0.2) is 46.3 Å². The van der Waals surface area contributed by atoms with E-state index in [9.17, 15) is 13.2 Å². The molecule has 3 aromatic rings. The highest BCUT2D eigenvalue weighted by atomic mass is 19.4. The Morgan fingerprint density at radius 3 is 2.62 bits per heavy atom. The Balaban J connectivity index is 1.40. The first-order chi connectivity index (χ1) is 13.8. The molecule has 0 spiro atoms. The van der Waals surface area contributed by atoms with Gasteiger partial charge in [-0.1, -0.05) is 0 Å². The van der Waals surface area contributed by atoms with Gasteiger partial charge >= 0.3 is 6.18 Å². The van der Waals surface area contributed by atoms with Gasteiger partial charge in [0, 0.05) is 45.3 Å². The molecule has 154 valence electrons. The molecule has 1 aliphatic rings. The molecule has 9 heteroatoms. The standard InChI is InChI=1S/C20H23F3N6/c1-14-11-17-19(25-7-10-29(17)26-14)28-8-4-15(5-9-28)13-27(2)18-12-16(3-6-24-18)20(21,22)23/h3,6-7,10-12,15H,4-5,8-9,13H2,1-2H3. The molecule has 0 aliphatic carbocycles. The molecule has 3 aromatic heterocycles. The van der Waals surface area contributed by atoms with Gasteiger partial charge in [-0.3, -0.25) is 0 Å². The van der Waals surface area contributed by atoms with Crippen molar-refractivity contribution in [2.45, 2.75) is 25.9 Å². The first-order valence-corrected chi connectivity index (χ1v) is 9.61. The molecular formula is C20H23F3N6. The van der Waals surface area contributed by atoms with Crippen molar-refractivity contribution >= 4 is 17.2 Å². The van der Waals surface area contributed by atoms with Crippen LogP contribution in [0, 0.1) is 12.8 Å². The molecule has 0 bridgehead atoms. The molecule has 0 aromatic carbocycles. The van der Waals surface area contributed by atoms with Gasteiger partial charge in [-0.2, -0.15) is 18.3 Å². The van der Waals surface area contributed by atoms with Crippen LogP contribution < -0.4 is 9.80 Å². The Hall–Kier alpha value is -2.84. The van der Waals surface area contributed by atoms with E-state index in [1.807, 2.05) is 28.6 Å². The third-order valence-corrected chi connectivity index (χ3v) is 5.40. The lowest BCUT2D eigenvalue weighted by Gasteiger charge is -2.35. The number of alkyl halides is 3. The summed E-state index contributed by atoms with van der Waals surface area (Å²) in [6, 6.07) is 4.14. The molecule has 0 radical (unpaired) electrons. The highest BCUT2D eigenvalue weighted by molar-refractivity contribution is 5.69. The number of nitrogens with zero attached hydrogens (tertiary/aromatic N) is 6. The zero-order valence-corrected chi connectivity index (χ0v) is 16.4. The molecule has 0 saturated carbocycles. The molecule has 1 fully saturated rings. The van der Waals surface area contributed by atoms with E-state index in [-0.39, 0.29) is 0 Å². The number of anilines is 2. The van der Waals surface area contributed by atoms with E-state index in [2.05, 4.69) is 20.0 Å². The number of aromatic nitrogens is 4. The van der Waals surface area contributed by atoms with Crippen molar-refractivity contribution < 1.29 is 13.2 Å². The molecule has 4 heterocycles. The van der Waals surface area contributed by atoms with Crippen molar-refractivity contribution in [2.75, 3.05) is 36.5 Å². The number of hydrogen-bond acceptors (Lipinski definition) is 5. The highest BCUT2D eigenvalue weighted by Gasteiger charge is 2.31. The van der Waals surface area contributed by atoms with Crippen molar-refractivity contribution in [1.29, 1.82) is 0 Å². The van der Waals surface area contributed by atoms with Gasteiger partial charge in [0.1, 0.15) is 11.3 Å². The Kier molecular flexibility index (Phi) is 5.06. The molecule has 4 rings (SSSR count). The fourth-order valence-corrected chi connectivity index (χ4v) is 3.89. The third kappa shape index (κ3) is 4.13. The van der Waals surface area contributed by atoms with E-state index in [1.54, 1.807) is 13.2 Å².